The van der Waals surface area contributed by atoms with Crippen molar-refractivity contribution in [2.24, 2.45) is 0 Å². The van der Waals surface area contributed by atoms with Gasteiger partial charge in [0, 0.05) is 0 Å². The summed E-state index contributed by atoms with van der Waals surface area (Å²) in [4.78, 5) is 0. The first-order valence-electron chi connectivity index (χ1n) is 4.93. The van der Waals surface area contributed by atoms with Crippen LogP contribution in [-0.4, -0.2) is 53.5 Å². The molecule has 1 aliphatic carbocycles. The smallest absolute Gasteiger partial charge is 0.283 e. The quantitative estimate of drug-likeness (QED) is 0.531. The lowest BCUT2D eigenvalue weighted by molar-refractivity contribution is -0.482. The average Bonchev–Trinajstić information content (AvgIpc) is 2.31. The monoisotopic (exact) mass is 412 g/mol. The Morgan fingerprint density at radius 2 is 0.917 bits per heavy atom. The molecule has 0 aromatic rings. The summed E-state index contributed by atoms with van der Waals surface area (Å²) in [5.74, 6) is -31.8. The SMILES string of the molecule is O=S(=O)(O)C1(F)C(F)(F)C(F)(F)C(F)(F)C(F)(F)C1(F)C(F)(F)F. The Morgan fingerprint density at radius 1 is 0.625 bits per heavy atom. The lowest BCUT2D eigenvalue weighted by Gasteiger charge is -2.54. The van der Waals surface area contributed by atoms with E-state index < -0.39 is 50.7 Å². The minimum Gasteiger partial charge on any atom is -0.283 e. The summed E-state index contributed by atoms with van der Waals surface area (Å²) >= 11 is 0. The van der Waals surface area contributed by atoms with E-state index in [1.165, 1.54) is 0 Å². The zero-order chi connectivity index (χ0) is 20.0. The van der Waals surface area contributed by atoms with Gasteiger partial charge in [-0.1, -0.05) is 0 Å². The molecule has 0 aromatic heterocycles. The first kappa shape index (κ1) is 21.0. The van der Waals surface area contributed by atoms with E-state index >= 15 is 0 Å². The molecule has 1 aliphatic rings. The van der Waals surface area contributed by atoms with Crippen molar-refractivity contribution in [3.8, 4) is 0 Å². The fraction of sp³-hybridized carbons (Fsp3) is 1.00. The van der Waals surface area contributed by atoms with Gasteiger partial charge < -0.3 is 0 Å². The molecule has 0 saturated heterocycles. The van der Waals surface area contributed by atoms with Gasteiger partial charge in [-0.3, -0.25) is 4.55 Å². The molecule has 0 aromatic carbocycles. The average molecular weight is 412 g/mol. The van der Waals surface area contributed by atoms with Crippen molar-refractivity contribution in [3.63, 3.8) is 0 Å². The second-order valence-electron chi connectivity index (χ2n) is 4.52. The lowest BCUT2D eigenvalue weighted by Crippen LogP contribution is -2.89. The van der Waals surface area contributed by atoms with Crippen LogP contribution in [0.25, 0.3) is 0 Å². The number of rotatable bonds is 1. The standard InChI is InChI=1S/C7HF13O3S/c8-1(7(18,19)20)2(9,10)3(11,12)4(13,14)5(15,16)6(1,17)24(21,22)23/h(H,21,22,23). The van der Waals surface area contributed by atoms with Crippen LogP contribution in [0.2, 0.25) is 0 Å². The van der Waals surface area contributed by atoms with Crippen molar-refractivity contribution >= 4 is 10.1 Å². The van der Waals surface area contributed by atoms with Crippen molar-refractivity contribution in [2.45, 2.75) is 40.5 Å². The summed E-state index contributed by atoms with van der Waals surface area (Å²) in [6.45, 7) is 0. The van der Waals surface area contributed by atoms with Crippen molar-refractivity contribution in [2.75, 3.05) is 0 Å². The molecular weight excluding hydrogens is 411 g/mol. The highest BCUT2D eigenvalue weighted by atomic mass is 32.2. The van der Waals surface area contributed by atoms with Crippen molar-refractivity contribution in [1.82, 2.24) is 0 Å². The molecule has 144 valence electrons. The molecule has 1 rings (SSSR count). The molecule has 0 bridgehead atoms. The number of halogens is 13. The molecule has 3 nitrogen and oxygen atoms in total. The molecule has 2 unspecified atom stereocenters. The molecule has 17 heteroatoms. The predicted molar refractivity (Wildman–Crippen MR) is 45.1 cm³/mol. The fourth-order valence-electron chi connectivity index (χ4n) is 1.93. The van der Waals surface area contributed by atoms with Gasteiger partial charge >= 0.3 is 50.7 Å². The largest absolute Gasteiger partial charge is 0.433 e. The van der Waals surface area contributed by atoms with E-state index in [4.69, 9.17) is 4.55 Å². The molecule has 1 fully saturated rings. The van der Waals surface area contributed by atoms with Crippen LogP contribution in [-0.2, 0) is 10.1 Å². The first-order chi connectivity index (χ1) is 10.0. The normalized spacial score (nSPS) is 37.9. The Bertz CT molecular complexity index is 651. The van der Waals surface area contributed by atoms with Crippen LogP contribution in [0, 0.1) is 0 Å². The van der Waals surface area contributed by atoms with Gasteiger partial charge in [-0.15, -0.1) is 0 Å². The number of hydrogen-bond donors (Lipinski definition) is 1. The molecule has 1 N–H and O–H groups in total. The van der Waals surface area contributed by atoms with Gasteiger partial charge in [0.2, 0.25) is 0 Å². The Morgan fingerprint density at radius 3 is 1.17 bits per heavy atom. The zero-order valence-corrected chi connectivity index (χ0v) is 10.9. The van der Waals surface area contributed by atoms with E-state index in [1.807, 2.05) is 0 Å². The van der Waals surface area contributed by atoms with Crippen LogP contribution in [0.3, 0.4) is 0 Å². The molecule has 2 atom stereocenters. The van der Waals surface area contributed by atoms with Crippen LogP contribution >= 0.6 is 0 Å². The summed E-state index contributed by atoms with van der Waals surface area (Å²) in [7, 11) is -8.12. The van der Waals surface area contributed by atoms with Crippen molar-refractivity contribution < 1.29 is 70.0 Å². The van der Waals surface area contributed by atoms with Crippen LogP contribution in [0.1, 0.15) is 0 Å². The summed E-state index contributed by atoms with van der Waals surface area (Å²) in [6.07, 6.45) is -7.91. The third-order valence-electron chi connectivity index (χ3n) is 3.21. The third-order valence-corrected chi connectivity index (χ3v) is 4.46. The van der Waals surface area contributed by atoms with E-state index in [-0.39, 0.29) is 0 Å². The maximum atomic E-state index is 13.8. The van der Waals surface area contributed by atoms with Crippen molar-refractivity contribution in [3.05, 3.63) is 0 Å². The molecule has 24 heavy (non-hydrogen) atoms. The van der Waals surface area contributed by atoms with E-state index in [2.05, 4.69) is 0 Å². The highest BCUT2D eigenvalue weighted by molar-refractivity contribution is 7.87. The Hall–Kier alpha value is -1.00. The Balaban J connectivity index is 4.27. The predicted octanol–water partition coefficient (Wildman–Crippen LogP) is 3.37. The fourth-order valence-corrected chi connectivity index (χ4v) is 2.98. The Labute approximate surface area is 122 Å². The van der Waals surface area contributed by atoms with Gasteiger partial charge in [0.05, 0.1) is 0 Å². The third kappa shape index (κ3) is 1.67. The number of hydrogen-bond acceptors (Lipinski definition) is 2. The maximum absolute atomic E-state index is 13.8. The van der Waals surface area contributed by atoms with Gasteiger partial charge in [0.25, 0.3) is 0 Å². The summed E-state index contributed by atoms with van der Waals surface area (Å²) < 4.78 is 198. The van der Waals surface area contributed by atoms with E-state index in [0.29, 0.717) is 0 Å². The zero-order valence-electron chi connectivity index (χ0n) is 10.1. The second kappa shape index (κ2) is 4.39. The molecular formula is C7HF13O3S. The van der Waals surface area contributed by atoms with Crippen LogP contribution in [0.15, 0.2) is 0 Å². The van der Waals surface area contributed by atoms with E-state index in [1.54, 1.807) is 0 Å². The highest BCUT2D eigenvalue weighted by Crippen LogP contribution is 2.73. The Kier molecular flexibility index (Phi) is 3.85. The summed E-state index contributed by atoms with van der Waals surface area (Å²) in [5, 5.41) is -7.90. The van der Waals surface area contributed by atoms with Gasteiger partial charge in [-0.2, -0.15) is 56.7 Å². The molecule has 0 spiro atoms. The molecule has 0 radical (unpaired) electrons. The molecule has 1 saturated carbocycles. The van der Waals surface area contributed by atoms with E-state index in [9.17, 15) is 65.5 Å². The van der Waals surface area contributed by atoms with Crippen molar-refractivity contribution in [1.29, 1.82) is 0 Å². The maximum Gasteiger partial charge on any atom is 0.433 e. The molecule has 0 heterocycles. The van der Waals surface area contributed by atoms with Gasteiger partial charge in [0.1, 0.15) is 0 Å². The minimum atomic E-state index is -8.14. The molecule has 0 aliphatic heterocycles. The van der Waals surface area contributed by atoms with Crippen LogP contribution in [0.5, 0.6) is 0 Å². The molecule has 0 amide bonds. The summed E-state index contributed by atoms with van der Waals surface area (Å²) in [6, 6.07) is 0. The lowest BCUT2D eigenvalue weighted by atomic mass is 9.73. The van der Waals surface area contributed by atoms with Gasteiger partial charge in [0.15, 0.2) is 0 Å². The summed E-state index contributed by atoms with van der Waals surface area (Å²) in [5.41, 5.74) is -8.14. The van der Waals surface area contributed by atoms with Crippen LogP contribution < -0.4 is 0 Å². The number of alkyl halides is 13. The minimum absolute atomic E-state index is 7.85. The van der Waals surface area contributed by atoms with E-state index in [0.717, 1.165) is 0 Å². The second-order valence-corrected chi connectivity index (χ2v) is 6.04. The van der Waals surface area contributed by atoms with Gasteiger partial charge in [-0.25, -0.2) is 8.78 Å². The first-order valence-corrected chi connectivity index (χ1v) is 6.37. The van der Waals surface area contributed by atoms with Gasteiger partial charge in [-0.05, 0) is 0 Å². The van der Waals surface area contributed by atoms with Crippen LogP contribution in [0.4, 0.5) is 57.1 Å². The topological polar surface area (TPSA) is 54.4 Å². The highest BCUT2D eigenvalue weighted by Gasteiger charge is 3.07.